The van der Waals surface area contributed by atoms with Crippen LogP contribution in [0.5, 0.6) is 0 Å². The molecule has 1 aliphatic rings. The highest BCUT2D eigenvalue weighted by Gasteiger charge is 2.19. The SMILES string of the molecule is CN1C(=O)CNc2cc(CO)ccc21. The summed E-state index contributed by atoms with van der Waals surface area (Å²) in [6.07, 6.45) is 0. The van der Waals surface area contributed by atoms with E-state index < -0.39 is 0 Å². The molecule has 0 unspecified atom stereocenters. The van der Waals surface area contributed by atoms with Crippen LogP contribution in [0.25, 0.3) is 0 Å². The van der Waals surface area contributed by atoms with Crippen molar-refractivity contribution in [1.29, 1.82) is 0 Å². The lowest BCUT2D eigenvalue weighted by Gasteiger charge is -2.27. The second-order valence-electron chi connectivity index (χ2n) is 3.32. The van der Waals surface area contributed by atoms with Crippen LogP contribution in [-0.2, 0) is 11.4 Å². The highest BCUT2D eigenvalue weighted by Crippen LogP contribution is 2.29. The Morgan fingerprint density at radius 3 is 3.07 bits per heavy atom. The normalized spacial score (nSPS) is 15.0. The first-order chi connectivity index (χ1) is 6.72. The maximum atomic E-state index is 11.3. The molecule has 4 heteroatoms. The second-order valence-corrected chi connectivity index (χ2v) is 3.32. The third kappa shape index (κ3) is 1.33. The first-order valence-corrected chi connectivity index (χ1v) is 4.46. The molecular weight excluding hydrogens is 180 g/mol. The van der Waals surface area contributed by atoms with Crippen LogP contribution < -0.4 is 10.2 Å². The minimum absolute atomic E-state index is 0.0205. The molecule has 0 radical (unpaired) electrons. The van der Waals surface area contributed by atoms with Crippen molar-refractivity contribution in [3.05, 3.63) is 23.8 Å². The number of anilines is 2. The fourth-order valence-corrected chi connectivity index (χ4v) is 1.54. The highest BCUT2D eigenvalue weighted by atomic mass is 16.3. The monoisotopic (exact) mass is 192 g/mol. The molecule has 0 aromatic heterocycles. The van der Waals surface area contributed by atoms with Gasteiger partial charge in [-0.3, -0.25) is 4.79 Å². The lowest BCUT2D eigenvalue weighted by molar-refractivity contribution is -0.116. The number of benzene rings is 1. The lowest BCUT2D eigenvalue weighted by Crippen LogP contribution is -2.36. The molecule has 2 N–H and O–H groups in total. The van der Waals surface area contributed by atoms with Crippen LogP contribution in [0.4, 0.5) is 11.4 Å². The zero-order valence-corrected chi connectivity index (χ0v) is 7.95. The summed E-state index contributed by atoms with van der Waals surface area (Å²) in [6, 6.07) is 5.51. The van der Waals surface area contributed by atoms with E-state index in [-0.39, 0.29) is 12.5 Å². The average molecular weight is 192 g/mol. The summed E-state index contributed by atoms with van der Waals surface area (Å²) in [5.41, 5.74) is 2.61. The van der Waals surface area contributed by atoms with Gasteiger partial charge in [-0.15, -0.1) is 0 Å². The molecule has 1 aromatic carbocycles. The predicted molar refractivity (Wildman–Crippen MR) is 54.3 cm³/mol. The largest absolute Gasteiger partial charge is 0.392 e. The fourth-order valence-electron chi connectivity index (χ4n) is 1.54. The standard InChI is InChI=1S/C10H12N2O2/c1-12-9-3-2-7(6-13)4-8(9)11-5-10(12)14/h2-4,11,13H,5-6H2,1H3. The minimum atomic E-state index is 0.0205. The van der Waals surface area contributed by atoms with Gasteiger partial charge in [0.05, 0.1) is 24.5 Å². The lowest BCUT2D eigenvalue weighted by atomic mass is 10.1. The van der Waals surface area contributed by atoms with Gasteiger partial charge in [0.2, 0.25) is 5.91 Å². The summed E-state index contributed by atoms with van der Waals surface area (Å²) < 4.78 is 0. The summed E-state index contributed by atoms with van der Waals surface area (Å²) >= 11 is 0. The third-order valence-corrected chi connectivity index (χ3v) is 2.41. The van der Waals surface area contributed by atoms with Crippen LogP contribution in [-0.4, -0.2) is 24.6 Å². The van der Waals surface area contributed by atoms with Crippen molar-refractivity contribution in [3.63, 3.8) is 0 Å². The van der Waals surface area contributed by atoms with Gasteiger partial charge in [0, 0.05) is 7.05 Å². The van der Waals surface area contributed by atoms with Gasteiger partial charge in [0.1, 0.15) is 0 Å². The molecule has 1 amide bonds. The number of fused-ring (bicyclic) bond motifs is 1. The van der Waals surface area contributed by atoms with Crippen LogP contribution in [0.3, 0.4) is 0 Å². The van der Waals surface area contributed by atoms with E-state index in [0.29, 0.717) is 6.54 Å². The molecule has 0 bridgehead atoms. The number of rotatable bonds is 1. The van der Waals surface area contributed by atoms with E-state index in [9.17, 15) is 4.79 Å². The molecule has 0 spiro atoms. The molecule has 14 heavy (non-hydrogen) atoms. The van der Waals surface area contributed by atoms with Crippen LogP contribution >= 0.6 is 0 Å². The number of amides is 1. The second kappa shape index (κ2) is 3.31. The Morgan fingerprint density at radius 1 is 1.57 bits per heavy atom. The molecule has 4 nitrogen and oxygen atoms in total. The zero-order chi connectivity index (χ0) is 10.1. The molecule has 0 fully saturated rings. The fraction of sp³-hybridized carbons (Fsp3) is 0.300. The molecule has 1 aliphatic heterocycles. The number of hydrogen-bond donors (Lipinski definition) is 2. The van der Waals surface area contributed by atoms with E-state index in [1.165, 1.54) is 0 Å². The number of aliphatic hydroxyl groups is 1. The Labute approximate surface area is 82.2 Å². The number of nitrogens with zero attached hydrogens (tertiary/aromatic N) is 1. The van der Waals surface area contributed by atoms with E-state index in [0.717, 1.165) is 16.9 Å². The Morgan fingerprint density at radius 2 is 2.36 bits per heavy atom. The molecule has 1 aromatic rings. The number of likely N-dealkylation sites (N-methyl/N-ethyl adjacent to an activating group) is 1. The zero-order valence-electron chi connectivity index (χ0n) is 7.95. The van der Waals surface area contributed by atoms with E-state index >= 15 is 0 Å². The van der Waals surface area contributed by atoms with E-state index in [4.69, 9.17) is 5.11 Å². The quantitative estimate of drug-likeness (QED) is 0.684. The number of nitrogens with one attached hydrogen (secondary N) is 1. The van der Waals surface area contributed by atoms with Crippen LogP contribution in [0.2, 0.25) is 0 Å². The van der Waals surface area contributed by atoms with Crippen molar-refractivity contribution in [2.75, 3.05) is 23.8 Å². The highest BCUT2D eigenvalue weighted by molar-refractivity contribution is 6.02. The Bertz CT molecular complexity index is 376. The van der Waals surface area contributed by atoms with Crippen molar-refractivity contribution in [1.82, 2.24) is 0 Å². The van der Waals surface area contributed by atoms with Crippen LogP contribution in [0.15, 0.2) is 18.2 Å². The summed E-state index contributed by atoms with van der Waals surface area (Å²) in [5.74, 6) is 0.0502. The Balaban J connectivity index is 2.43. The molecule has 0 aliphatic carbocycles. The third-order valence-electron chi connectivity index (χ3n) is 2.41. The number of carbonyl (C=O) groups is 1. The number of aliphatic hydroxyl groups excluding tert-OH is 1. The molecule has 0 saturated carbocycles. The Kier molecular flexibility index (Phi) is 2.13. The van der Waals surface area contributed by atoms with Gasteiger partial charge in [-0.2, -0.15) is 0 Å². The average Bonchev–Trinajstić information content (AvgIpc) is 2.23. The first kappa shape index (κ1) is 9.02. The van der Waals surface area contributed by atoms with Gasteiger partial charge in [-0.05, 0) is 17.7 Å². The van der Waals surface area contributed by atoms with E-state index in [2.05, 4.69) is 5.32 Å². The number of carbonyl (C=O) groups excluding carboxylic acids is 1. The minimum Gasteiger partial charge on any atom is -0.392 e. The molecule has 1 heterocycles. The molecule has 0 saturated heterocycles. The van der Waals surface area contributed by atoms with Gasteiger partial charge >= 0.3 is 0 Å². The topological polar surface area (TPSA) is 52.6 Å². The molecule has 0 atom stereocenters. The van der Waals surface area contributed by atoms with Gasteiger partial charge < -0.3 is 15.3 Å². The van der Waals surface area contributed by atoms with Gasteiger partial charge in [0.25, 0.3) is 0 Å². The summed E-state index contributed by atoms with van der Waals surface area (Å²) in [5, 5.41) is 12.0. The number of hydrogen-bond acceptors (Lipinski definition) is 3. The van der Waals surface area contributed by atoms with Crippen molar-refractivity contribution in [3.8, 4) is 0 Å². The maximum absolute atomic E-state index is 11.3. The van der Waals surface area contributed by atoms with E-state index in [1.807, 2.05) is 18.2 Å². The first-order valence-electron chi connectivity index (χ1n) is 4.46. The summed E-state index contributed by atoms with van der Waals surface area (Å²) in [6.45, 7) is 0.338. The van der Waals surface area contributed by atoms with Gasteiger partial charge in [0.15, 0.2) is 0 Å². The molecule has 74 valence electrons. The van der Waals surface area contributed by atoms with Crippen LogP contribution in [0, 0.1) is 0 Å². The predicted octanol–water partition coefficient (Wildman–Crippen LogP) is 0.567. The van der Waals surface area contributed by atoms with Gasteiger partial charge in [-0.25, -0.2) is 0 Å². The van der Waals surface area contributed by atoms with Crippen molar-refractivity contribution in [2.24, 2.45) is 0 Å². The van der Waals surface area contributed by atoms with Crippen molar-refractivity contribution in [2.45, 2.75) is 6.61 Å². The van der Waals surface area contributed by atoms with E-state index in [1.54, 1.807) is 11.9 Å². The van der Waals surface area contributed by atoms with Crippen molar-refractivity contribution < 1.29 is 9.90 Å². The van der Waals surface area contributed by atoms with Gasteiger partial charge in [-0.1, -0.05) is 6.07 Å². The summed E-state index contributed by atoms with van der Waals surface area (Å²) in [4.78, 5) is 12.9. The summed E-state index contributed by atoms with van der Waals surface area (Å²) in [7, 11) is 1.75. The maximum Gasteiger partial charge on any atom is 0.246 e. The molecular formula is C10H12N2O2. The molecule has 2 rings (SSSR count). The van der Waals surface area contributed by atoms with Crippen molar-refractivity contribution >= 4 is 17.3 Å². The Hall–Kier alpha value is -1.55. The van der Waals surface area contributed by atoms with Crippen LogP contribution in [0.1, 0.15) is 5.56 Å². The smallest absolute Gasteiger partial charge is 0.246 e.